The predicted molar refractivity (Wildman–Crippen MR) is 236 cm³/mol. The van der Waals surface area contributed by atoms with Gasteiger partial charge in [-0.3, -0.25) is 0 Å². The summed E-state index contributed by atoms with van der Waals surface area (Å²) in [5.41, 5.74) is 10.7. The van der Waals surface area contributed by atoms with E-state index < -0.39 is 0 Å². The lowest BCUT2D eigenvalue weighted by Crippen LogP contribution is -1.93. The Labute approximate surface area is 331 Å². The summed E-state index contributed by atoms with van der Waals surface area (Å²) in [4.78, 5) is 22.4. The highest BCUT2D eigenvalue weighted by atomic mass is 32.1. The highest BCUT2D eigenvalue weighted by molar-refractivity contribution is 7.26. The van der Waals surface area contributed by atoms with E-state index in [0.717, 1.165) is 88.0 Å². The summed E-state index contributed by atoms with van der Waals surface area (Å²) in [6.45, 7) is 0. The SMILES string of the molecule is c1ccc(-c2nc(-c3ccc(-c4ccc(-c5ccc(-c6nc(-c7ccccc7)nc7sc8ccccc8c67)cc5)cc4)cc3)c3c(n2)sc2ccccc23)cc1. The Kier molecular flexibility index (Phi) is 7.83. The third kappa shape index (κ3) is 5.66. The van der Waals surface area contributed by atoms with E-state index in [1.165, 1.54) is 20.2 Å². The molecule has 0 fully saturated rings. The van der Waals surface area contributed by atoms with Crippen LogP contribution in [-0.4, -0.2) is 19.9 Å². The summed E-state index contributed by atoms with van der Waals surface area (Å²) in [7, 11) is 0. The Hall–Kier alpha value is -6.86. The second kappa shape index (κ2) is 13.5. The van der Waals surface area contributed by atoms with Crippen molar-refractivity contribution in [3.05, 3.63) is 182 Å². The van der Waals surface area contributed by atoms with Crippen molar-refractivity contribution >= 4 is 63.3 Å². The summed E-state index contributed by atoms with van der Waals surface area (Å²) in [5.74, 6) is 1.49. The summed E-state index contributed by atoms with van der Waals surface area (Å²) >= 11 is 3.45. The molecule has 0 saturated carbocycles. The Balaban J connectivity index is 0.911. The Morgan fingerprint density at radius 2 is 0.589 bits per heavy atom. The fourth-order valence-electron chi connectivity index (χ4n) is 7.59. The quantitative estimate of drug-likeness (QED) is 0.170. The minimum Gasteiger partial charge on any atom is -0.227 e. The molecule has 0 bridgehead atoms. The van der Waals surface area contributed by atoms with Crippen molar-refractivity contribution in [3.63, 3.8) is 0 Å². The number of thiophene rings is 2. The largest absolute Gasteiger partial charge is 0.227 e. The molecule has 11 rings (SSSR count). The molecule has 0 aliphatic rings. The van der Waals surface area contributed by atoms with Crippen molar-refractivity contribution in [2.75, 3.05) is 0 Å². The molecule has 4 aromatic heterocycles. The molecule has 262 valence electrons. The Morgan fingerprint density at radius 1 is 0.268 bits per heavy atom. The second-order valence-corrected chi connectivity index (χ2v) is 15.9. The van der Waals surface area contributed by atoms with E-state index in [-0.39, 0.29) is 0 Å². The normalized spacial score (nSPS) is 11.6. The molecule has 0 radical (unpaired) electrons. The number of nitrogens with zero attached hydrogens (tertiary/aromatic N) is 4. The fourth-order valence-corrected chi connectivity index (χ4v) is 9.74. The summed E-state index contributed by atoms with van der Waals surface area (Å²) < 4.78 is 2.43. The van der Waals surface area contributed by atoms with Crippen LogP contribution in [0.3, 0.4) is 0 Å². The van der Waals surface area contributed by atoms with Gasteiger partial charge in [-0.2, -0.15) is 0 Å². The van der Waals surface area contributed by atoms with Crippen LogP contribution in [0, 0.1) is 0 Å². The van der Waals surface area contributed by atoms with Gasteiger partial charge in [-0.05, 0) is 34.4 Å². The second-order valence-electron chi connectivity index (χ2n) is 13.8. The number of aromatic nitrogens is 4. The average Bonchev–Trinajstić information content (AvgIpc) is 3.85. The van der Waals surface area contributed by atoms with Crippen LogP contribution in [0.1, 0.15) is 0 Å². The molecule has 0 aliphatic heterocycles. The van der Waals surface area contributed by atoms with Gasteiger partial charge in [-0.1, -0.05) is 170 Å². The summed E-state index contributed by atoms with van der Waals surface area (Å²) in [6, 6.07) is 63.9. The van der Waals surface area contributed by atoms with Crippen molar-refractivity contribution in [3.8, 4) is 67.5 Å². The molecule has 4 heterocycles. The molecule has 11 aromatic rings. The molecule has 0 saturated heterocycles. The van der Waals surface area contributed by atoms with Crippen LogP contribution in [0.2, 0.25) is 0 Å². The van der Waals surface area contributed by atoms with Crippen molar-refractivity contribution < 1.29 is 0 Å². The summed E-state index contributed by atoms with van der Waals surface area (Å²) in [5, 5.41) is 4.60. The lowest BCUT2D eigenvalue weighted by molar-refractivity contribution is 1.24. The van der Waals surface area contributed by atoms with Crippen molar-refractivity contribution in [2.24, 2.45) is 0 Å². The highest BCUT2D eigenvalue weighted by Crippen LogP contribution is 2.41. The zero-order valence-electron chi connectivity index (χ0n) is 29.9. The average molecular weight is 751 g/mol. The van der Waals surface area contributed by atoms with E-state index in [1.807, 2.05) is 36.4 Å². The molecule has 0 aliphatic carbocycles. The first-order valence-electron chi connectivity index (χ1n) is 18.5. The van der Waals surface area contributed by atoms with E-state index in [2.05, 4.69) is 146 Å². The molecule has 0 amide bonds. The Bertz CT molecular complexity index is 2990. The zero-order chi connectivity index (χ0) is 37.0. The van der Waals surface area contributed by atoms with Gasteiger partial charge >= 0.3 is 0 Å². The van der Waals surface area contributed by atoms with Crippen LogP contribution in [0.5, 0.6) is 0 Å². The fraction of sp³-hybridized carbons (Fsp3) is 0. The first-order valence-corrected chi connectivity index (χ1v) is 20.2. The van der Waals surface area contributed by atoms with Crippen LogP contribution in [-0.2, 0) is 0 Å². The first-order chi connectivity index (χ1) is 27.7. The maximum atomic E-state index is 5.17. The number of fused-ring (bicyclic) bond motifs is 6. The molecule has 0 spiro atoms. The predicted octanol–water partition coefficient (Wildman–Crippen LogP) is 14.0. The van der Waals surface area contributed by atoms with Gasteiger partial charge < -0.3 is 0 Å². The van der Waals surface area contributed by atoms with Gasteiger partial charge in [0.2, 0.25) is 0 Å². The van der Waals surface area contributed by atoms with Crippen molar-refractivity contribution in [1.29, 1.82) is 0 Å². The van der Waals surface area contributed by atoms with Crippen LogP contribution >= 0.6 is 22.7 Å². The molecule has 6 heteroatoms. The number of benzene rings is 7. The smallest absolute Gasteiger partial charge is 0.161 e. The summed E-state index contributed by atoms with van der Waals surface area (Å²) in [6.07, 6.45) is 0. The lowest BCUT2D eigenvalue weighted by Gasteiger charge is -2.10. The molecule has 56 heavy (non-hydrogen) atoms. The van der Waals surface area contributed by atoms with E-state index >= 15 is 0 Å². The van der Waals surface area contributed by atoms with Crippen LogP contribution in [0.15, 0.2) is 182 Å². The number of hydrogen-bond donors (Lipinski definition) is 0. The number of rotatable bonds is 6. The monoisotopic (exact) mass is 750 g/mol. The molecular weight excluding hydrogens is 721 g/mol. The lowest BCUT2D eigenvalue weighted by atomic mass is 9.97. The standard InChI is InChI=1S/C50H30N4S2/c1-3-11-37(12-4-1)47-51-45(43-39-15-7-9-17-41(39)55-49(43)53-47)35-27-23-33(24-28-35)31-19-21-32(22-20-31)34-25-29-36(30-26-34)46-44-40-16-8-10-18-42(40)56-50(44)54-48(52-46)38-13-5-2-6-14-38/h1-30H. The van der Waals surface area contributed by atoms with Gasteiger partial charge in [-0.25, -0.2) is 19.9 Å². The van der Waals surface area contributed by atoms with Crippen molar-refractivity contribution in [2.45, 2.75) is 0 Å². The van der Waals surface area contributed by atoms with Crippen molar-refractivity contribution in [1.82, 2.24) is 19.9 Å². The van der Waals surface area contributed by atoms with Gasteiger partial charge in [0, 0.05) is 53.2 Å². The molecule has 0 atom stereocenters. The molecule has 0 unspecified atom stereocenters. The molecule has 7 aromatic carbocycles. The van der Waals surface area contributed by atoms with E-state index in [4.69, 9.17) is 19.9 Å². The van der Waals surface area contributed by atoms with Crippen LogP contribution < -0.4 is 0 Å². The minimum absolute atomic E-state index is 0.745. The maximum Gasteiger partial charge on any atom is 0.161 e. The van der Waals surface area contributed by atoms with Crippen LogP contribution in [0.25, 0.3) is 108 Å². The third-order valence-corrected chi connectivity index (χ3v) is 12.5. The van der Waals surface area contributed by atoms with Gasteiger partial charge in [0.15, 0.2) is 11.6 Å². The van der Waals surface area contributed by atoms with Gasteiger partial charge in [0.05, 0.1) is 11.4 Å². The zero-order valence-corrected chi connectivity index (χ0v) is 31.6. The van der Waals surface area contributed by atoms with Gasteiger partial charge in [0.1, 0.15) is 9.66 Å². The van der Waals surface area contributed by atoms with Crippen LogP contribution in [0.4, 0.5) is 0 Å². The maximum absolute atomic E-state index is 5.17. The molecule has 0 N–H and O–H groups in total. The van der Waals surface area contributed by atoms with Gasteiger partial charge in [0.25, 0.3) is 0 Å². The van der Waals surface area contributed by atoms with E-state index in [0.29, 0.717) is 0 Å². The number of hydrogen-bond acceptors (Lipinski definition) is 6. The minimum atomic E-state index is 0.745. The van der Waals surface area contributed by atoms with E-state index in [1.54, 1.807) is 22.7 Å². The molecular formula is C50H30N4S2. The Morgan fingerprint density at radius 3 is 0.964 bits per heavy atom. The first kappa shape index (κ1) is 32.6. The van der Waals surface area contributed by atoms with Gasteiger partial charge in [-0.15, -0.1) is 22.7 Å². The topological polar surface area (TPSA) is 51.6 Å². The van der Waals surface area contributed by atoms with E-state index in [9.17, 15) is 0 Å². The highest BCUT2D eigenvalue weighted by Gasteiger charge is 2.18. The molecule has 4 nitrogen and oxygen atoms in total. The third-order valence-electron chi connectivity index (χ3n) is 10.4.